The molecule has 14 atom stereocenters. The van der Waals surface area contributed by atoms with E-state index in [1.54, 1.807) is 0 Å². The van der Waals surface area contributed by atoms with Crippen molar-refractivity contribution in [2.24, 2.45) is 71.0 Å². The highest BCUT2D eigenvalue weighted by Crippen LogP contribution is 2.32. The number of unbranched alkanes of at least 4 members (excludes halogenated alkanes) is 2. The van der Waals surface area contributed by atoms with E-state index in [0.717, 1.165) is 136 Å². The topological polar surface area (TPSA) is 27.7 Å². The Morgan fingerprint density at radius 3 is 0.754 bits per heavy atom. The second kappa shape index (κ2) is 40.4. The van der Waals surface area contributed by atoms with E-state index >= 15 is 0 Å². The molecule has 61 heavy (non-hydrogen) atoms. The van der Waals surface area contributed by atoms with Crippen LogP contribution in [0.15, 0.2) is 0 Å². The maximum absolute atomic E-state index is 6.73. The monoisotopic (exact) mass is 1090 g/mol. The van der Waals surface area contributed by atoms with E-state index in [4.69, 9.17) is 14.2 Å². The Labute approximate surface area is 413 Å². The molecule has 0 aliphatic heterocycles. The number of halogens is 2. The summed E-state index contributed by atoms with van der Waals surface area (Å²) in [5.74, 6) is 9.84. The van der Waals surface area contributed by atoms with E-state index in [9.17, 15) is 0 Å². The van der Waals surface area contributed by atoms with Crippen LogP contribution in [0.5, 0.6) is 0 Å². The first-order chi connectivity index (χ1) is 29.0. The summed E-state index contributed by atoms with van der Waals surface area (Å²) < 4.78 is 22.2. The molecule has 0 saturated heterocycles. The molecule has 0 amide bonds. The van der Waals surface area contributed by atoms with Gasteiger partial charge in [-0.05, 0) is 208 Å². The van der Waals surface area contributed by atoms with Crippen molar-refractivity contribution in [3.63, 3.8) is 0 Å². The molecule has 0 aromatic carbocycles. The molecule has 0 aromatic rings. The molecule has 0 radical (unpaired) electrons. The first-order valence-electron chi connectivity index (χ1n) is 27.0. The van der Waals surface area contributed by atoms with Crippen molar-refractivity contribution in [2.45, 2.75) is 264 Å². The Kier molecular flexibility index (Phi) is 41.3. The lowest BCUT2D eigenvalue weighted by atomic mass is 9.81. The first-order valence-corrected chi connectivity index (χ1v) is 30.1. The first kappa shape index (κ1) is 62.3. The molecule has 0 bridgehead atoms. The van der Waals surface area contributed by atoms with Crippen molar-refractivity contribution in [1.29, 1.82) is 0 Å². The quantitative estimate of drug-likeness (QED) is 0.0263. The third kappa shape index (κ3) is 38.1. The van der Waals surface area contributed by atoms with Gasteiger partial charge in [0.05, 0.1) is 0 Å². The minimum atomic E-state index is -0.158. The van der Waals surface area contributed by atoms with Gasteiger partial charge < -0.3 is 14.2 Å². The summed E-state index contributed by atoms with van der Waals surface area (Å²) in [6, 6.07) is 0. The SMILES string of the molecule is CCCCOC(CCCC(C)CC(C)CC(C)CC(C)CC(C)CC(C)CCCI)OC(CCCC(C)CC(C)CC(C)CC(C)CC(C)CC(C)CCCI)OCCCC. The molecule has 14 unspecified atom stereocenters. The zero-order valence-electron chi connectivity index (χ0n) is 43.9. The number of alkyl halides is 2. The van der Waals surface area contributed by atoms with Crippen molar-refractivity contribution in [2.75, 3.05) is 22.1 Å². The molecule has 5 heteroatoms. The Morgan fingerprint density at radius 2 is 0.525 bits per heavy atom. The minimum absolute atomic E-state index is 0.158. The van der Waals surface area contributed by atoms with E-state index in [0.29, 0.717) is 0 Å². The van der Waals surface area contributed by atoms with Gasteiger partial charge in [-0.1, -0.05) is 168 Å². The lowest BCUT2D eigenvalue weighted by Crippen LogP contribution is -2.28. The zero-order valence-corrected chi connectivity index (χ0v) is 48.2. The highest BCUT2D eigenvalue weighted by atomic mass is 127. The van der Waals surface area contributed by atoms with Crippen LogP contribution in [-0.2, 0) is 14.2 Å². The Morgan fingerprint density at radius 1 is 0.295 bits per heavy atom. The van der Waals surface area contributed by atoms with E-state index in [1.165, 1.54) is 112 Å². The van der Waals surface area contributed by atoms with Crippen molar-refractivity contribution in [1.82, 2.24) is 0 Å². The van der Waals surface area contributed by atoms with Gasteiger partial charge in [0.25, 0.3) is 0 Å². The maximum Gasteiger partial charge on any atom is 0.160 e. The summed E-state index contributed by atoms with van der Waals surface area (Å²) in [7, 11) is 0. The molecule has 0 heterocycles. The Bertz CT molecular complexity index is 862. The lowest BCUT2D eigenvalue weighted by Gasteiger charge is -2.27. The summed E-state index contributed by atoms with van der Waals surface area (Å²) in [4.78, 5) is 0. The van der Waals surface area contributed by atoms with Crippen LogP contribution in [0.25, 0.3) is 0 Å². The number of hydrogen-bond acceptors (Lipinski definition) is 3. The Hall–Kier alpha value is 1.34. The van der Waals surface area contributed by atoms with E-state index in [1.807, 2.05) is 0 Å². The smallest absolute Gasteiger partial charge is 0.160 e. The van der Waals surface area contributed by atoms with Crippen LogP contribution < -0.4 is 0 Å². The van der Waals surface area contributed by atoms with Crippen LogP contribution in [0, 0.1) is 71.0 Å². The molecule has 3 nitrogen and oxygen atoms in total. The third-order valence-corrected chi connectivity index (χ3v) is 15.4. The lowest BCUT2D eigenvalue weighted by molar-refractivity contribution is -0.250. The molecule has 0 rings (SSSR count). The van der Waals surface area contributed by atoms with Gasteiger partial charge in [0, 0.05) is 13.2 Å². The zero-order chi connectivity index (χ0) is 46.0. The summed E-state index contributed by atoms with van der Waals surface area (Å²) in [6.07, 6.45) is 30.3. The summed E-state index contributed by atoms with van der Waals surface area (Å²) >= 11 is 5.05. The maximum atomic E-state index is 6.73. The molecule has 0 saturated carbocycles. The largest absolute Gasteiger partial charge is 0.353 e. The molecule has 368 valence electrons. The van der Waals surface area contributed by atoms with Crippen molar-refractivity contribution in [3.8, 4) is 0 Å². The highest BCUT2D eigenvalue weighted by molar-refractivity contribution is 14.1. The van der Waals surface area contributed by atoms with Gasteiger partial charge in [0.2, 0.25) is 0 Å². The van der Waals surface area contributed by atoms with Crippen LogP contribution in [0.2, 0.25) is 0 Å². The van der Waals surface area contributed by atoms with Crippen molar-refractivity contribution < 1.29 is 14.2 Å². The van der Waals surface area contributed by atoms with Crippen molar-refractivity contribution >= 4 is 45.2 Å². The third-order valence-electron chi connectivity index (χ3n) is 13.9. The molecule has 0 fully saturated rings. The average molecular weight is 1090 g/mol. The highest BCUT2D eigenvalue weighted by Gasteiger charge is 2.22. The molecule has 0 spiro atoms. The molecule has 0 aromatic heterocycles. The normalized spacial score (nSPS) is 19.3. The molecule has 0 N–H and O–H groups in total. The van der Waals surface area contributed by atoms with Crippen LogP contribution >= 0.6 is 45.2 Å². The number of ether oxygens (including phenoxy) is 3. The standard InChI is InChI=1S/C56H112I2O3/c1-15-17-31-59-55(27-19-23-43(3)33-47(7)37-51(11)41-53(13)39-49(9)35-45(5)25-21-29-57)61-56(60-32-18-16-2)28-20-24-44(4)34-48(8)38-52(12)42-54(14)40-50(10)36-46(6)26-22-30-58/h43-56H,15-42H2,1-14H3. The molecule has 0 aliphatic rings. The van der Waals surface area contributed by atoms with E-state index in [-0.39, 0.29) is 12.6 Å². The van der Waals surface area contributed by atoms with Gasteiger partial charge in [-0.3, -0.25) is 0 Å². The van der Waals surface area contributed by atoms with Crippen LogP contribution in [-0.4, -0.2) is 34.6 Å². The van der Waals surface area contributed by atoms with Gasteiger partial charge in [-0.2, -0.15) is 0 Å². The van der Waals surface area contributed by atoms with Gasteiger partial charge in [0.15, 0.2) is 12.6 Å². The van der Waals surface area contributed by atoms with E-state index in [2.05, 4.69) is 142 Å². The van der Waals surface area contributed by atoms with Crippen molar-refractivity contribution in [3.05, 3.63) is 0 Å². The minimum Gasteiger partial charge on any atom is -0.353 e. The van der Waals surface area contributed by atoms with Gasteiger partial charge >= 0.3 is 0 Å². The van der Waals surface area contributed by atoms with Crippen LogP contribution in [0.1, 0.15) is 251 Å². The van der Waals surface area contributed by atoms with Gasteiger partial charge in [0.1, 0.15) is 0 Å². The average Bonchev–Trinajstić information content (AvgIpc) is 3.15. The summed E-state index contributed by atoms with van der Waals surface area (Å²) in [5.41, 5.74) is 0. The molecular formula is C56H112I2O3. The second-order valence-electron chi connectivity index (χ2n) is 22.6. The predicted octanol–water partition coefficient (Wildman–Crippen LogP) is 19.6. The van der Waals surface area contributed by atoms with Crippen LogP contribution in [0.3, 0.4) is 0 Å². The number of hydrogen-bond donors (Lipinski definition) is 0. The van der Waals surface area contributed by atoms with Gasteiger partial charge in [-0.25, -0.2) is 0 Å². The van der Waals surface area contributed by atoms with E-state index < -0.39 is 0 Å². The fraction of sp³-hybridized carbons (Fsp3) is 1.00. The fourth-order valence-electron chi connectivity index (χ4n) is 11.5. The predicted molar refractivity (Wildman–Crippen MR) is 290 cm³/mol. The fourth-order valence-corrected chi connectivity index (χ4v) is 12.4. The molecule has 0 aliphatic carbocycles. The second-order valence-corrected chi connectivity index (χ2v) is 24.7. The Balaban J connectivity index is 4.87. The number of rotatable bonds is 44. The van der Waals surface area contributed by atoms with Crippen LogP contribution in [0.4, 0.5) is 0 Å². The summed E-state index contributed by atoms with van der Waals surface area (Å²) in [6.45, 7) is 36.0. The molecular weight excluding hydrogens is 974 g/mol. The summed E-state index contributed by atoms with van der Waals surface area (Å²) in [5, 5.41) is 0. The van der Waals surface area contributed by atoms with Gasteiger partial charge in [-0.15, -0.1) is 0 Å².